The van der Waals surface area contributed by atoms with Gasteiger partial charge in [-0.3, -0.25) is 4.79 Å². The quantitative estimate of drug-likeness (QED) is 0.569. The molecule has 31 heavy (non-hydrogen) atoms. The molecule has 0 aliphatic carbocycles. The molecule has 0 spiro atoms. The highest BCUT2D eigenvalue weighted by Crippen LogP contribution is 2.30. The van der Waals surface area contributed by atoms with Crippen LogP contribution >= 0.6 is 0 Å². The molecule has 1 amide bonds. The molecule has 0 radical (unpaired) electrons. The molecule has 5 nitrogen and oxygen atoms in total. The minimum absolute atomic E-state index is 0.152. The molecule has 8 heteroatoms. The van der Waals surface area contributed by atoms with Crippen LogP contribution in [0.5, 0.6) is 0 Å². The molecule has 3 rings (SSSR count). The highest BCUT2D eigenvalue weighted by Gasteiger charge is 2.30. The van der Waals surface area contributed by atoms with Crippen LogP contribution in [0, 0.1) is 6.92 Å². The van der Waals surface area contributed by atoms with Crippen molar-refractivity contribution in [2.45, 2.75) is 46.2 Å². The van der Waals surface area contributed by atoms with Crippen molar-refractivity contribution in [3.05, 3.63) is 82.7 Å². The van der Waals surface area contributed by atoms with E-state index in [0.717, 1.165) is 23.3 Å². The van der Waals surface area contributed by atoms with Crippen molar-refractivity contribution in [2.75, 3.05) is 0 Å². The lowest BCUT2D eigenvalue weighted by Gasteiger charge is -2.10. The smallest absolute Gasteiger partial charge is 0.374 e. The third-order valence-corrected chi connectivity index (χ3v) is 4.73. The van der Waals surface area contributed by atoms with E-state index < -0.39 is 11.7 Å². The lowest BCUT2D eigenvalue weighted by molar-refractivity contribution is -0.137. The second-order valence-electron chi connectivity index (χ2n) is 7.46. The fourth-order valence-electron chi connectivity index (χ4n) is 3.00. The van der Waals surface area contributed by atoms with E-state index in [1.165, 1.54) is 23.0 Å². The highest BCUT2D eigenvalue weighted by atomic mass is 19.4. The van der Waals surface area contributed by atoms with Gasteiger partial charge in [0.05, 0.1) is 41.4 Å². The molecular formula is C23H24F3N3O2. The number of ether oxygens (including phenoxy) is 1. The van der Waals surface area contributed by atoms with Crippen molar-refractivity contribution in [3.63, 3.8) is 0 Å². The van der Waals surface area contributed by atoms with Crippen LogP contribution in [-0.2, 0) is 24.1 Å². The summed E-state index contributed by atoms with van der Waals surface area (Å²) >= 11 is 0. The van der Waals surface area contributed by atoms with Crippen LogP contribution in [0.3, 0.4) is 0 Å². The predicted octanol–water partition coefficient (Wildman–Crippen LogP) is 5.05. The van der Waals surface area contributed by atoms with E-state index in [4.69, 9.17) is 4.74 Å². The van der Waals surface area contributed by atoms with Gasteiger partial charge in [-0.15, -0.1) is 0 Å². The largest absolute Gasteiger partial charge is 0.416 e. The first-order valence-electron chi connectivity index (χ1n) is 9.85. The molecule has 1 aromatic heterocycles. The van der Waals surface area contributed by atoms with Gasteiger partial charge in [0.2, 0.25) is 0 Å². The molecule has 0 bridgehead atoms. The Morgan fingerprint density at radius 1 is 1.13 bits per heavy atom. The first-order valence-corrected chi connectivity index (χ1v) is 9.85. The van der Waals surface area contributed by atoms with Crippen LogP contribution in [0.1, 0.15) is 46.6 Å². The number of rotatable bonds is 7. The number of carbonyl (C=O) groups is 1. The maximum Gasteiger partial charge on any atom is 0.416 e. The molecule has 1 N–H and O–H groups in total. The molecule has 164 valence electrons. The standard InChI is InChI=1S/C23H24F3N3O2/c1-15(2)31-14-18-9-7-17(8-10-18)12-27-22(30)21-13-28-29(16(21)3)20-6-4-5-19(11-20)23(24,25)26/h4-11,13,15H,12,14H2,1-3H3,(H,27,30). The molecule has 0 saturated carbocycles. The number of hydrogen-bond donors (Lipinski definition) is 1. The zero-order valence-corrected chi connectivity index (χ0v) is 17.5. The molecular weight excluding hydrogens is 407 g/mol. The summed E-state index contributed by atoms with van der Waals surface area (Å²) in [5.41, 5.74) is 2.20. The summed E-state index contributed by atoms with van der Waals surface area (Å²) in [5.74, 6) is -0.344. The van der Waals surface area contributed by atoms with Crippen LogP contribution in [0.15, 0.2) is 54.7 Å². The van der Waals surface area contributed by atoms with Gasteiger partial charge in [0.1, 0.15) is 0 Å². The summed E-state index contributed by atoms with van der Waals surface area (Å²) in [6.45, 7) is 6.43. The number of nitrogens with zero attached hydrogens (tertiary/aromatic N) is 2. The number of alkyl halides is 3. The Balaban J connectivity index is 1.67. The molecule has 1 heterocycles. The number of nitrogens with one attached hydrogen (secondary N) is 1. The highest BCUT2D eigenvalue weighted by molar-refractivity contribution is 5.95. The topological polar surface area (TPSA) is 56.1 Å². The van der Waals surface area contributed by atoms with Crippen LogP contribution in [-0.4, -0.2) is 21.8 Å². The number of hydrogen-bond acceptors (Lipinski definition) is 3. The Bertz CT molecular complexity index is 1040. The van der Waals surface area contributed by atoms with Crippen LogP contribution in [0.25, 0.3) is 5.69 Å². The normalized spacial score (nSPS) is 11.7. The first-order chi connectivity index (χ1) is 14.6. The number of benzene rings is 2. The van der Waals surface area contributed by atoms with E-state index in [1.807, 2.05) is 38.1 Å². The van der Waals surface area contributed by atoms with E-state index in [2.05, 4.69) is 10.4 Å². The van der Waals surface area contributed by atoms with E-state index in [1.54, 1.807) is 6.92 Å². The average molecular weight is 431 g/mol. The van der Waals surface area contributed by atoms with Gasteiger partial charge in [-0.05, 0) is 50.1 Å². The first kappa shape index (κ1) is 22.6. The van der Waals surface area contributed by atoms with Crippen molar-refractivity contribution < 1.29 is 22.7 Å². The summed E-state index contributed by atoms with van der Waals surface area (Å²) in [6, 6.07) is 12.6. The second kappa shape index (κ2) is 9.34. The molecule has 0 aliphatic heterocycles. The van der Waals surface area contributed by atoms with Crippen LogP contribution in [0.4, 0.5) is 13.2 Å². The van der Waals surface area contributed by atoms with Gasteiger partial charge in [-0.1, -0.05) is 30.3 Å². The molecule has 0 unspecified atom stereocenters. The lowest BCUT2D eigenvalue weighted by Crippen LogP contribution is -2.23. The van der Waals surface area contributed by atoms with Gasteiger partial charge < -0.3 is 10.1 Å². The van der Waals surface area contributed by atoms with Gasteiger partial charge in [0, 0.05) is 6.54 Å². The molecule has 0 fully saturated rings. The Morgan fingerprint density at radius 2 is 1.81 bits per heavy atom. The van der Waals surface area contributed by atoms with E-state index in [0.29, 0.717) is 24.4 Å². The predicted molar refractivity (Wildman–Crippen MR) is 111 cm³/mol. The summed E-state index contributed by atoms with van der Waals surface area (Å²) in [5, 5.41) is 6.93. The van der Waals surface area contributed by atoms with Crippen LogP contribution in [0.2, 0.25) is 0 Å². The van der Waals surface area contributed by atoms with Crippen molar-refractivity contribution >= 4 is 5.91 Å². The van der Waals surface area contributed by atoms with Gasteiger partial charge in [0.25, 0.3) is 5.91 Å². The third kappa shape index (κ3) is 5.73. The minimum Gasteiger partial charge on any atom is -0.374 e. The second-order valence-corrected chi connectivity index (χ2v) is 7.46. The fourth-order valence-corrected chi connectivity index (χ4v) is 3.00. The Morgan fingerprint density at radius 3 is 2.45 bits per heavy atom. The zero-order valence-electron chi connectivity index (χ0n) is 17.5. The van der Waals surface area contributed by atoms with E-state index in [9.17, 15) is 18.0 Å². The third-order valence-electron chi connectivity index (χ3n) is 4.73. The summed E-state index contributed by atoms with van der Waals surface area (Å²) < 4.78 is 45.8. The maximum absolute atomic E-state index is 13.0. The maximum atomic E-state index is 13.0. The van der Waals surface area contributed by atoms with Gasteiger partial charge in [0.15, 0.2) is 0 Å². The zero-order chi connectivity index (χ0) is 22.6. The van der Waals surface area contributed by atoms with Crippen molar-refractivity contribution in [1.82, 2.24) is 15.1 Å². The summed E-state index contributed by atoms with van der Waals surface area (Å²) in [6.07, 6.45) is -2.94. The summed E-state index contributed by atoms with van der Waals surface area (Å²) in [4.78, 5) is 12.6. The monoisotopic (exact) mass is 431 g/mol. The van der Waals surface area contributed by atoms with Crippen LogP contribution < -0.4 is 5.32 Å². The average Bonchev–Trinajstić information content (AvgIpc) is 3.12. The minimum atomic E-state index is -4.45. The van der Waals surface area contributed by atoms with E-state index in [-0.39, 0.29) is 17.7 Å². The van der Waals surface area contributed by atoms with Crippen molar-refractivity contribution in [3.8, 4) is 5.69 Å². The Hall–Kier alpha value is -3.13. The number of carbonyl (C=O) groups excluding carboxylic acids is 1. The van der Waals surface area contributed by atoms with Gasteiger partial charge in [-0.2, -0.15) is 18.3 Å². The molecule has 0 saturated heterocycles. The van der Waals surface area contributed by atoms with E-state index >= 15 is 0 Å². The van der Waals surface area contributed by atoms with Crippen molar-refractivity contribution in [2.24, 2.45) is 0 Å². The lowest BCUT2D eigenvalue weighted by atomic mass is 10.1. The molecule has 0 aliphatic rings. The summed E-state index contributed by atoms with van der Waals surface area (Å²) in [7, 11) is 0. The Kier molecular flexibility index (Phi) is 6.80. The SMILES string of the molecule is Cc1c(C(=O)NCc2ccc(COC(C)C)cc2)cnn1-c1cccc(C(F)(F)F)c1. The number of amides is 1. The molecule has 0 atom stereocenters. The molecule has 3 aromatic rings. The molecule has 2 aromatic carbocycles. The number of halogens is 3. The Labute approximate surface area is 178 Å². The van der Waals surface area contributed by atoms with Gasteiger partial charge >= 0.3 is 6.18 Å². The fraction of sp³-hybridized carbons (Fsp3) is 0.304. The van der Waals surface area contributed by atoms with Crippen molar-refractivity contribution in [1.29, 1.82) is 0 Å². The van der Waals surface area contributed by atoms with Gasteiger partial charge in [-0.25, -0.2) is 4.68 Å². The number of aromatic nitrogens is 2.